The quantitative estimate of drug-likeness (QED) is 0.563. The third kappa shape index (κ3) is 5.07. The van der Waals surface area contributed by atoms with E-state index in [-0.39, 0.29) is 16.8 Å². The molecule has 0 fully saturated rings. The number of anilines is 1. The number of sulfonamides is 1. The van der Waals surface area contributed by atoms with E-state index in [1.807, 2.05) is 45.0 Å². The highest BCUT2D eigenvalue weighted by Crippen LogP contribution is 2.22. The lowest BCUT2D eigenvalue weighted by atomic mass is 9.99. The third-order valence-electron chi connectivity index (χ3n) is 5.01. The highest BCUT2D eigenvalue weighted by molar-refractivity contribution is 7.92. The number of benzene rings is 3. The molecule has 156 valence electrons. The van der Waals surface area contributed by atoms with Crippen molar-refractivity contribution in [3.63, 3.8) is 0 Å². The minimum atomic E-state index is -3.68. The van der Waals surface area contributed by atoms with Crippen LogP contribution >= 0.6 is 0 Å². The number of amides is 1. The summed E-state index contributed by atoms with van der Waals surface area (Å²) >= 11 is 0. The van der Waals surface area contributed by atoms with Gasteiger partial charge in [0.2, 0.25) is 0 Å². The van der Waals surface area contributed by atoms with Gasteiger partial charge in [-0.05, 0) is 67.8 Å². The number of carbonyl (C=O) groups excluding carboxylic acids is 1. The minimum Gasteiger partial charge on any atom is -0.345 e. The molecule has 5 nitrogen and oxygen atoms in total. The smallest absolute Gasteiger partial charge is 0.261 e. The van der Waals surface area contributed by atoms with Crippen LogP contribution in [0.25, 0.3) is 0 Å². The zero-order chi connectivity index (χ0) is 21.7. The maximum Gasteiger partial charge on any atom is 0.261 e. The fraction of sp³-hybridized carbons (Fsp3) is 0.208. The van der Waals surface area contributed by atoms with E-state index in [1.165, 1.54) is 0 Å². The van der Waals surface area contributed by atoms with E-state index in [9.17, 15) is 13.2 Å². The Labute approximate surface area is 178 Å². The molecule has 6 heteroatoms. The van der Waals surface area contributed by atoms with Gasteiger partial charge in [0.05, 0.1) is 10.9 Å². The average molecular weight is 423 g/mol. The lowest BCUT2D eigenvalue weighted by Crippen LogP contribution is -2.28. The standard InChI is InChI=1S/C24H26N2O3S/c1-4-23(22-8-6-5-7-18(22)3)25-24(27)19-11-13-20(14-12-19)26-30(28,29)21-15-9-17(2)10-16-21/h5-16,23,26H,4H2,1-3H3,(H,25,27)/t23-/m1/s1. The Kier molecular flexibility index (Phi) is 6.57. The van der Waals surface area contributed by atoms with Crippen LogP contribution in [0.3, 0.4) is 0 Å². The molecule has 0 unspecified atom stereocenters. The van der Waals surface area contributed by atoms with Gasteiger partial charge < -0.3 is 5.32 Å². The summed E-state index contributed by atoms with van der Waals surface area (Å²) in [6, 6.07) is 21.0. The van der Waals surface area contributed by atoms with Gasteiger partial charge in [-0.2, -0.15) is 0 Å². The summed E-state index contributed by atoms with van der Waals surface area (Å²) in [4.78, 5) is 12.9. The number of hydrogen-bond acceptors (Lipinski definition) is 3. The fourth-order valence-electron chi connectivity index (χ4n) is 3.24. The SMILES string of the molecule is CC[C@@H](NC(=O)c1ccc(NS(=O)(=O)c2ccc(C)cc2)cc1)c1ccccc1C. The topological polar surface area (TPSA) is 75.3 Å². The number of carbonyl (C=O) groups is 1. The maximum absolute atomic E-state index is 12.7. The molecule has 0 aliphatic carbocycles. The van der Waals surface area contributed by atoms with Gasteiger partial charge in [0.25, 0.3) is 15.9 Å². The second-order valence-electron chi connectivity index (χ2n) is 7.29. The van der Waals surface area contributed by atoms with Gasteiger partial charge in [-0.1, -0.05) is 48.9 Å². The Morgan fingerprint density at radius 1 is 0.900 bits per heavy atom. The second-order valence-corrected chi connectivity index (χ2v) is 8.97. The van der Waals surface area contributed by atoms with Crippen molar-refractivity contribution in [3.05, 3.63) is 95.1 Å². The second kappa shape index (κ2) is 9.13. The first-order chi connectivity index (χ1) is 14.3. The first kappa shape index (κ1) is 21.6. The third-order valence-corrected chi connectivity index (χ3v) is 6.41. The average Bonchev–Trinajstić information content (AvgIpc) is 2.73. The summed E-state index contributed by atoms with van der Waals surface area (Å²) in [6.07, 6.45) is 0.769. The molecule has 30 heavy (non-hydrogen) atoms. The van der Waals surface area contributed by atoms with Gasteiger partial charge in [0.1, 0.15) is 0 Å². The maximum atomic E-state index is 12.7. The van der Waals surface area contributed by atoms with Crippen molar-refractivity contribution in [3.8, 4) is 0 Å². The van der Waals surface area contributed by atoms with Crippen LogP contribution in [0.1, 0.15) is 46.4 Å². The molecule has 0 aliphatic rings. The predicted octanol–water partition coefficient (Wildman–Crippen LogP) is 4.99. The Morgan fingerprint density at radius 3 is 2.13 bits per heavy atom. The highest BCUT2D eigenvalue weighted by Gasteiger charge is 2.17. The van der Waals surface area contributed by atoms with Gasteiger partial charge in [0, 0.05) is 11.3 Å². The van der Waals surface area contributed by atoms with Crippen molar-refractivity contribution in [2.24, 2.45) is 0 Å². The van der Waals surface area contributed by atoms with E-state index < -0.39 is 10.0 Å². The highest BCUT2D eigenvalue weighted by atomic mass is 32.2. The van der Waals surface area contributed by atoms with Crippen LogP contribution in [-0.4, -0.2) is 14.3 Å². The summed E-state index contributed by atoms with van der Waals surface area (Å²) in [5.41, 5.74) is 4.08. The molecule has 0 saturated carbocycles. The Balaban J connectivity index is 1.71. The molecule has 0 aromatic heterocycles. The summed E-state index contributed by atoms with van der Waals surface area (Å²) in [5.74, 6) is -0.196. The lowest BCUT2D eigenvalue weighted by Gasteiger charge is -2.19. The van der Waals surface area contributed by atoms with Crippen LogP contribution in [-0.2, 0) is 10.0 Å². The predicted molar refractivity (Wildman–Crippen MR) is 120 cm³/mol. The first-order valence-electron chi connectivity index (χ1n) is 9.86. The molecular weight excluding hydrogens is 396 g/mol. The van der Waals surface area contributed by atoms with Crippen LogP contribution in [0.5, 0.6) is 0 Å². The lowest BCUT2D eigenvalue weighted by molar-refractivity contribution is 0.0935. The van der Waals surface area contributed by atoms with Crippen molar-refractivity contribution in [1.29, 1.82) is 0 Å². The first-order valence-corrected chi connectivity index (χ1v) is 11.3. The molecule has 0 spiro atoms. The number of hydrogen-bond donors (Lipinski definition) is 2. The fourth-order valence-corrected chi connectivity index (χ4v) is 4.30. The zero-order valence-electron chi connectivity index (χ0n) is 17.3. The van der Waals surface area contributed by atoms with Crippen molar-refractivity contribution < 1.29 is 13.2 Å². The van der Waals surface area contributed by atoms with E-state index >= 15 is 0 Å². The van der Waals surface area contributed by atoms with Crippen molar-refractivity contribution in [1.82, 2.24) is 5.32 Å². The van der Waals surface area contributed by atoms with Crippen molar-refractivity contribution in [2.45, 2.75) is 38.1 Å². The van der Waals surface area contributed by atoms with E-state index in [0.717, 1.165) is 23.1 Å². The Bertz CT molecular complexity index is 1120. The molecule has 0 heterocycles. The van der Waals surface area contributed by atoms with Crippen molar-refractivity contribution in [2.75, 3.05) is 4.72 Å². The molecule has 0 bridgehead atoms. The molecule has 1 amide bonds. The van der Waals surface area contributed by atoms with Gasteiger partial charge in [0.15, 0.2) is 0 Å². The van der Waals surface area contributed by atoms with Gasteiger partial charge in [-0.3, -0.25) is 9.52 Å². The van der Waals surface area contributed by atoms with Crippen LogP contribution < -0.4 is 10.0 Å². The molecule has 2 N–H and O–H groups in total. The summed E-state index contributed by atoms with van der Waals surface area (Å²) in [6.45, 7) is 5.95. The molecule has 0 aliphatic heterocycles. The van der Waals surface area contributed by atoms with Gasteiger partial charge >= 0.3 is 0 Å². The summed E-state index contributed by atoms with van der Waals surface area (Å²) in [7, 11) is -3.68. The zero-order valence-corrected chi connectivity index (χ0v) is 18.2. The largest absolute Gasteiger partial charge is 0.345 e. The molecule has 0 radical (unpaired) electrons. The van der Waals surface area contributed by atoms with E-state index in [4.69, 9.17) is 0 Å². The minimum absolute atomic E-state index is 0.0848. The van der Waals surface area contributed by atoms with Crippen LogP contribution in [0.2, 0.25) is 0 Å². The monoisotopic (exact) mass is 422 g/mol. The number of rotatable bonds is 7. The Hall–Kier alpha value is -3.12. The summed E-state index contributed by atoms with van der Waals surface area (Å²) < 4.78 is 27.6. The van der Waals surface area contributed by atoms with E-state index in [1.54, 1.807) is 48.5 Å². The van der Waals surface area contributed by atoms with Crippen LogP contribution in [0.15, 0.2) is 77.7 Å². The van der Waals surface area contributed by atoms with Gasteiger partial charge in [-0.25, -0.2) is 8.42 Å². The van der Waals surface area contributed by atoms with Crippen molar-refractivity contribution >= 4 is 21.6 Å². The van der Waals surface area contributed by atoms with Gasteiger partial charge in [-0.15, -0.1) is 0 Å². The Morgan fingerprint density at radius 2 is 1.53 bits per heavy atom. The molecule has 3 aromatic carbocycles. The van der Waals surface area contributed by atoms with E-state index in [0.29, 0.717) is 11.3 Å². The summed E-state index contributed by atoms with van der Waals surface area (Å²) in [5, 5.41) is 3.06. The molecule has 3 aromatic rings. The molecule has 0 saturated heterocycles. The van der Waals surface area contributed by atoms with Crippen LogP contribution in [0, 0.1) is 13.8 Å². The molecular formula is C24H26N2O3S. The molecule has 1 atom stereocenters. The normalized spacial score (nSPS) is 12.2. The van der Waals surface area contributed by atoms with E-state index in [2.05, 4.69) is 10.0 Å². The molecule has 3 rings (SSSR count). The number of nitrogens with one attached hydrogen (secondary N) is 2. The number of aryl methyl sites for hydroxylation is 2. The van der Waals surface area contributed by atoms with Crippen LogP contribution in [0.4, 0.5) is 5.69 Å².